The number of para-hydroxylation sites is 2. The highest BCUT2D eigenvalue weighted by molar-refractivity contribution is 5.84. The summed E-state index contributed by atoms with van der Waals surface area (Å²) in [6.45, 7) is 1.14. The van der Waals surface area contributed by atoms with Crippen molar-refractivity contribution in [2.24, 2.45) is 0 Å². The fourth-order valence-corrected chi connectivity index (χ4v) is 2.53. The third kappa shape index (κ3) is 3.72. The zero-order valence-corrected chi connectivity index (χ0v) is 14.0. The molecule has 0 amide bonds. The van der Waals surface area contributed by atoms with Gasteiger partial charge in [-0.2, -0.15) is 4.98 Å². The lowest BCUT2D eigenvalue weighted by Gasteiger charge is -2.08. The molecule has 26 heavy (non-hydrogen) atoms. The van der Waals surface area contributed by atoms with Gasteiger partial charge in [-0.1, -0.05) is 36.4 Å². The van der Waals surface area contributed by atoms with Crippen molar-refractivity contribution in [3.63, 3.8) is 0 Å². The van der Waals surface area contributed by atoms with E-state index in [1.54, 1.807) is 0 Å². The van der Waals surface area contributed by atoms with Crippen LogP contribution in [0.3, 0.4) is 0 Å². The van der Waals surface area contributed by atoms with E-state index in [9.17, 15) is 0 Å². The summed E-state index contributed by atoms with van der Waals surface area (Å²) in [5, 5.41) is 6.48. The third-order valence-electron chi connectivity index (χ3n) is 3.73. The molecule has 0 aliphatic heterocycles. The molecule has 130 valence electrons. The number of hydrogen-bond acceptors (Lipinski definition) is 6. The van der Waals surface area contributed by atoms with Gasteiger partial charge in [-0.25, -0.2) is 9.97 Å². The number of nitrogens with zero attached hydrogens (tertiary/aromatic N) is 3. The molecule has 7 nitrogen and oxygen atoms in total. The Morgan fingerprint density at radius 2 is 1.69 bits per heavy atom. The van der Waals surface area contributed by atoms with E-state index in [0.29, 0.717) is 30.6 Å². The Morgan fingerprint density at radius 3 is 2.50 bits per heavy atom. The van der Waals surface area contributed by atoms with E-state index in [2.05, 4.69) is 30.6 Å². The first-order valence-electron chi connectivity index (χ1n) is 8.33. The van der Waals surface area contributed by atoms with Gasteiger partial charge in [0.1, 0.15) is 24.2 Å². The SMILES string of the molecule is c1ccc(Nc2nc3ncnc(NCCOc4ccccc4)c3[nH]2)cc1. The van der Waals surface area contributed by atoms with Gasteiger partial charge in [0.2, 0.25) is 5.95 Å². The number of hydrogen-bond donors (Lipinski definition) is 3. The van der Waals surface area contributed by atoms with Crippen LogP contribution in [-0.2, 0) is 0 Å². The van der Waals surface area contributed by atoms with E-state index in [-0.39, 0.29) is 0 Å². The molecule has 0 aliphatic carbocycles. The Bertz CT molecular complexity index is 971. The molecule has 4 aromatic rings. The lowest BCUT2D eigenvalue weighted by atomic mass is 10.3. The van der Waals surface area contributed by atoms with Crippen LogP contribution in [0.1, 0.15) is 0 Å². The Balaban J connectivity index is 1.42. The van der Waals surface area contributed by atoms with Crippen LogP contribution in [0.4, 0.5) is 17.5 Å². The number of aromatic nitrogens is 4. The molecule has 2 aromatic heterocycles. The number of anilines is 3. The molecule has 7 heteroatoms. The quantitative estimate of drug-likeness (QED) is 0.443. The first kappa shape index (κ1) is 15.9. The van der Waals surface area contributed by atoms with Crippen LogP contribution in [0.5, 0.6) is 5.75 Å². The average molecular weight is 346 g/mol. The predicted octanol–water partition coefficient (Wildman–Crippen LogP) is 3.59. The molecule has 0 saturated carbocycles. The van der Waals surface area contributed by atoms with Gasteiger partial charge in [0, 0.05) is 5.69 Å². The lowest BCUT2D eigenvalue weighted by Crippen LogP contribution is -2.12. The minimum absolute atomic E-state index is 0.527. The molecule has 2 aromatic carbocycles. The summed E-state index contributed by atoms with van der Waals surface area (Å²) in [4.78, 5) is 16.2. The molecule has 4 rings (SSSR count). The number of nitrogens with one attached hydrogen (secondary N) is 3. The van der Waals surface area contributed by atoms with Crippen molar-refractivity contribution < 1.29 is 4.74 Å². The number of benzene rings is 2. The fraction of sp³-hybridized carbons (Fsp3) is 0.105. The normalized spacial score (nSPS) is 10.6. The number of aromatic amines is 1. The summed E-state index contributed by atoms with van der Waals surface area (Å²) in [5.41, 5.74) is 2.31. The number of ether oxygens (including phenoxy) is 1. The third-order valence-corrected chi connectivity index (χ3v) is 3.73. The molecule has 0 spiro atoms. The maximum Gasteiger partial charge on any atom is 0.207 e. The molecule has 0 aliphatic rings. The molecule has 0 radical (unpaired) electrons. The van der Waals surface area contributed by atoms with Crippen molar-refractivity contribution in [2.75, 3.05) is 23.8 Å². The van der Waals surface area contributed by atoms with Crippen molar-refractivity contribution in [1.29, 1.82) is 0 Å². The van der Waals surface area contributed by atoms with Gasteiger partial charge in [-0.05, 0) is 24.3 Å². The summed E-state index contributed by atoms with van der Waals surface area (Å²) in [6, 6.07) is 19.5. The van der Waals surface area contributed by atoms with Crippen molar-refractivity contribution >= 4 is 28.6 Å². The lowest BCUT2D eigenvalue weighted by molar-refractivity contribution is 0.333. The van der Waals surface area contributed by atoms with Crippen LogP contribution in [0.2, 0.25) is 0 Å². The van der Waals surface area contributed by atoms with E-state index < -0.39 is 0 Å². The number of rotatable bonds is 7. The second-order valence-corrected chi connectivity index (χ2v) is 5.59. The van der Waals surface area contributed by atoms with Crippen LogP contribution in [0, 0.1) is 0 Å². The Hall–Kier alpha value is -3.61. The molecule has 0 saturated heterocycles. The Labute approximate surface area is 150 Å². The van der Waals surface area contributed by atoms with E-state index in [4.69, 9.17) is 4.74 Å². The molecule has 0 unspecified atom stereocenters. The Kier molecular flexibility index (Phi) is 4.60. The number of H-pyrrole nitrogens is 1. The van der Waals surface area contributed by atoms with Crippen molar-refractivity contribution in [1.82, 2.24) is 19.9 Å². The molecule has 0 atom stereocenters. The van der Waals surface area contributed by atoms with Crippen LogP contribution in [-0.4, -0.2) is 33.1 Å². The van der Waals surface area contributed by atoms with Gasteiger partial charge in [-0.15, -0.1) is 0 Å². The van der Waals surface area contributed by atoms with Crippen LogP contribution >= 0.6 is 0 Å². The maximum atomic E-state index is 5.68. The molecule has 0 fully saturated rings. The largest absolute Gasteiger partial charge is 0.492 e. The van der Waals surface area contributed by atoms with Crippen molar-refractivity contribution in [2.45, 2.75) is 0 Å². The molecular formula is C19H18N6O. The second-order valence-electron chi connectivity index (χ2n) is 5.59. The smallest absolute Gasteiger partial charge is 0.207 e. The zero-order valence-electron chi connectivity index (χ0n) is 14.0. The number of imidazole rings is 1. The minimum Gasteiger partial charge on any atom is -0.492 e. The minimum atomic E-state index is 0.527. The maximum absolute atomic E-state index is 5.68. The van der Waals surface area contributed by atoms with Gasteiger partial charge in [0.15, 0.2) is 11.5 Å². The first-order valence-corrected chi connectivity index (χ1v) is 8.33. The summed E-state index contributed by atoms with van der Waals surface area (Å²) < 4.78 is 5.68. The van der Waals surface area contributed by atoms with Crippen LogP contribution in [0.15, 0.2) is 67.0 Å². The fourth-order valence-electron chi connectivity index (χ4n) is 2.53. The van der Waals surface area contributed by atoms with E-state index >= 15 is 0 Å². The molecular weight excluding hydrogens is 328 g/mol. The van der Waals surface area contributed by atoms with Gasteiger partial charge in [0.05, 0.1) is 6.54 Å². The van der Waals surface area contributed by atoms with E-state index in [1.807, 2.05) is 60.7 Å². The van der Waals surface area contributed by atoms with Crippen LogP contribution < -0.4 is 15.4 Å². The van der Waals surface area contributed by atoms with Crippen molar-refractivity contribution in [3.05, 3.63) is 67.0 Å². The monoisotopic (exact) mass is 346 g/mol. The topological polar surface area (TPSA) is 87.8 Å². The average Bonchev–Trinajstić information content (AvgIpc) is 3.10. The van der Waals surface area contributed by atoms with E-state index in [0.717, 1.165) is 17.0 Å². The van der Waals surface area contributed by atoms with Gasteiger partial charge >= 0.3 is 0 Å². The molecule has 3 N–H and O–H groups in total. The zero-order chi connectivity index (χ0) is 17.6. The molecule has 0 bridgehead atoms. The van der Waals surface area contributed by atoms with E-state index in [1.165, 1.54) is 6.33 Å². The first-order chi connectivity index (χ1) is 12.9. The number of fused-ring (bicyclic) bond motifs is 1. The standard InChI is InChI=1S/C19H18N6O/c1-3-7-14(8-4-1)23-19-24-16-17(21-13-22-18(16)25-19)20-11-12-26-15-9-5-2-6-10-15/h1-10,13H,11-12H2,(H3,20,21,22,23,24,25). The Morgan fingerprint density at radius 1 is 0.923 bits per heavy atom. The molecule has 2 heterocycles. The predicted molar refractivity (Wildman–Crippen MR) is 102 cm³/mol. The summed E-state index contributed by atoms with van der Waals surface area (Å²) in [5.74, 6) is 2.16. The summed E-state index contributed by atoms with van der Waals surface area (Å²) >= 11 is 0. The van der Waals surface area contributed by atoms with Gasteiger partial charge in [-0.3, -0.25) is 0 Å². The highest BCUT2D eigenvalue weighted by atomic mass is 16.5. The summed E-state index contributed by atoms with van der Waals surface area (Å²) in [6.07, 6.45) is 1.50. The van der Waals surface area contributed by atoms with Gasteiger partial charge in [0.25, 0.3) is 0 Å². The van der Waals surface area contributed by atoms with Crippen LogP contribution in [0.25, 0.3) is 11.2 Å². The highest BCUT2D eigenvalue weighted by Crippen LogP contribution is 2.21. The second kappa shape index (κ2) is 7.52. The highest BCUT2D eigenvalue weighted by Gasteiger charge is 2.09. The van der Waals surface area contributed by atoms with Crippen molar-refractivity contribution in [3.8, 4) is 5.75 Å². The van der Waals surface area contributed by atoms with Gasteiger partial charge < -0.3 is 20.4 Å². The summed E-state index contributed by atoms with van der Waals surface area (Å²) in [7, 11) is 0.